The third-order valence-corrected chi connectivity index (χ3v) is 4.82. The van der Waals surface area contributed by atoms with Gasteiger partial charge in [-0.1, -0.05) is 26.0 Å². The molecule has 0 saturated carbocycles. The highest BCUT2D eigenvalue weighted by atomic mass is 16.2. The zero-order valence-electron chi connectivity index (χ0n) is 13.7. The number of carbonyl (C=O) groups is 2. The molecular formula is C17H24N4O2. The van der Waals surface area contributed by atoms with Gasteiger partial charge < -0.3 is 11.1 Å². The number of fused-ring (bicyclic) bond motifs is 1. The normalized spacial score (nSPS) is 24.0. The highest BCUT2D eigenvalue weighted by Gasteiger charge is 2.35. The number of nitrogens with zero attached hydrogens (tertiary/aromatic N) is 2. The summed E-state index contributed by atoms with van der Waals surface area (Å²) in [5.41, 5.74) is 7.61. The van der Waals surface area contributed by atoms with Crippen LogP contribution in [0.4, 0.5) is 11.4 Å². The lowest BCUT2D eigenvalue weighted by Gasteiger charge is -2.43. The predicted octanol–water partition coefficient (Wildman–Crippen LogP) is 1.03. The summed E-state index contributed by atoms with van der Waals surface area (Å²) in [6, 6.07) is 7.56. The molecule has 6 heteroatoms. The largest absolute Gasteiger partial charge is 0.327 e. The van der Waals surface area contributed by atoms with E-state index >= 15 is 0 Å². The number of benzene rings is 1. The smallest absolute Gasteiger partial charge is 0.244 e. The van der Waals surface area contributed by atoms with Crippen molar-refractivity contribution in [2.24, 2.45) is 11.1 Å². The van der Waals surface area contributed by atoms with Gasteiger partial charge in [0.2, 0.25) is 11.8 Å². The standard InChI is InChI=1S/C17H24N4O2/c1-17(2)11-20(8-7-14(17)18)10-16(23)21-9-15(22)19-12-5-3-4-6-13(12)21/h3-6,14H,7-11,18H2,1-2H3,(H,19,22). The maximum atomic E-state index is 12.7. The number of hydrogen-bond donors (Lipinski definition) is 2. The zero-order valence-corrected chi connectivity index (χ0v) is 13.7. The van der Waals surface area contributed by atoms with Crippen LogP contribution in [0.3, 0.4) is 0 Å². The van der Waals surface area contributed by atoms with E-state index in [1.807, 2.05) is 24.3 Å². The lowest BCUT2D eigenvalue weighted by atomic mass is 9.80. The first-order valence-electron chi connectivity index (χ1n) is 8.04. The molecule has 3 rings (SSSR count). The lowest BCUT2D eigenvalue weighted by Crippen LogP contribution is -2.55. The Morgan fingerprint density at radius 2 is 2.13 bits per heavy atom. The highest BCUT2D eigenvalue weighted by Crippen LogP contribution is 2.30. The van der Waals surface area contributed by atoms with Crippen LogP contribution >= 0.6 is 0 Å². The molecule has 2 aliphatic heterocycles. The summed E-state index contributed by atoms with van der Waals surface area (Å²) in [4.78, 5) is 28.3. The SMILES string of the molecule is CC1(C)CN(CC(=O)N2CC(=O)Nc3ccccc32)CCC1N. The minimum atomic E-state index is -0.155. The molecule has 0 aliphatic carbocycles. The van der Waals surface area contributed by atoms with Crippen molar-refractivity contribution in [1.29, 1.82) is 0 Å². The van der Waals surface area contributed by atoms with Gasteiger partial charge in [-0.15, -0.1) is 0 Å². The van der Waals surface area contributed by atoms with E-state index in [1.165, 1.54) is 0 Å². The molecule has 1 unspecified atom stereocenters. The molecule has 124 valence electrons. The first kappa shape index (κ1) is 16.0. The van der Waals surface area contributed by atoms with Gasteiger partial charge in [-0.2, -0.15) is 0 Å². The monoisotopic (exact) mass is 316 g/mol. The molecular weight excluding hydrogens is 292 g/mol. The molecule has 6 nitrogen and oxygen atoms in total. The molecule has 2 heterocycles. The molecule has 1 aromatic carbocycles. The first-order valence-corrected chi connectivity index (χ1v) is 8.04. The number of piperidine rings is 1. The van der Waals surface area contributed by atoms with E-state index in [-0.39, 0.29) is 29.8 Å². The maximum Gasteiger partial charge on any atom is 0.244 e. The Hall–Kier alpha value is -1.92. The molecule has 3 N–H and O–H groups in total. The van der Waals surface area contributed by atoms with Crippen molar-refractivity contribution in [2.45, 2.75) is 26.3 Å². The van der Waals surface area contributed by atoms with Gasteiger partial charge in [0.05, 0.1) is 17.9 Å². The Labute approximate surface area is 136 Å². The summed E-state index contributed by atoms with van der Waals surface area (Å²) in [5, 5.41) is 2.80. The summed E-state index contributed by atoms with van der Waals surface area (Å²) in [6.45, 7) is 6.28. The van der Waals surface area contributed by atoms with Crippen molar-refractivity contribution < 1.29 is 9.59 Å². The van der Waals surface area contributed by atoms with Crippen molar-refractivity contribution in [3.63, 3.8) is 0 Å². The van der Waals surface area contributed by atoms with Gasteiger partial charge in [-0.3, -0.25) is 19.4 Å². The first-order chi connectivity index (χ1) is 10.9. The van der Waals surface area contributed by atoms with Crippen LogP contribution in [0.5, 0.6) is 0 Å². The highest BCUT2D eigenvalue weighted by molar-refractivity contribution is 6.10. The second-order valence-corrected chi connectivity index (χ2v) is 7.14. The van der Waals surface area contributed by atoms with Crippen LogP contribution in [0.15, 0.2) is 24.3 Å². The third kappa shape index (κ3) is 3.23. The van der Waals surface area contributed by atoms with Crippen molar-refractivity contribution in [3.8, 4) is 0 Å². The minimum Gasteiger partial charge on any atom is -0.327 e. The van der Waals surface area contributed by atoms with Crippen LogP contribution in [0.1, 0.15) is 20.3 Å². The number of nitrogens with one attached hydrogen (secondary N) is 1. The fourth-order valence-corrected chi connectivity index (χ4v) is 3.35. The van der Waals surface area contributed by atoms with Gasteiger partial charge in [0, 0.05) is 19.1 Å². The van der Waals surface area contributed by atoms with Gasteiger partial charge in [-0.25, -0.2) is 0 Å². The molecule has 0 spiro atoms. The number of rotatable bonds is 2. The average Bonchev–Trinajstić information content (AvgIpc) is 2.49. The third-order valence-electron chi connectivity index (χ3n) is 4.82. The summed E-state index contributed by atoms with van der Waals surface area (Å²) in [7, 11) is 0. The van der Waals surface area contributed by atoms with Gasteiger partial charge in [0.15, 0.2) is 0 Å². The number of hydrogen-bond acceptors (Lipinski definition) is 4. The Kier molecular flexibility index (Phi) is 4.12. The topological polar surface area (TPSA) is 78.7 Å². The Balaban J connectivity index is 1.73. The van der Waals surface area contributed by atoms with E-state index in [4.69, 9.17) is 5.73 Å². The molecule has 0 aromatic heterocycles. The molecule has 1 aromatic rings. The van der Waals surface area contributed by atoms with Gasteiger partial charge in [0.25, 0.3) is 0 Å². The zero-order chi connectivity index (χ0) is 16.6. The Morgan fingerprint density at radius 1 is 1.39 bits per heavy atom. The number of amides is 2. The van der Waals surface area contributed by atoms with Gasteiger partial charge in [-0.05, 0) is 24.0 Å². The van der Waals surface area contributed by atoms with E-state index in [0.717, 1.165) is 25.2 Å². The quantitative estimate of drug-likeness (QED) is 0.854. The van der Waals surface area contributed by atoms with Crippen LogP contribution in [-0.4, -0.2) is 48.9 Å². The molecule has 2 amide bonds. The van der Waals surface area contributed by atoms with Crippen LogP contribution < -0.4 is 16.0 Å². The van der Waals surface area contributed by atoms with Crippen LogP contribution in [-0.2, 0) is 9.59 Å². The number of carbonyl (C=O) groups excluding carboxylic acids is 2. The fraction of sp³-hybridized carbons (Fsp3) is 0.529. The summed E-state index contributed by atoms with van der Waals surface area (Å²) in [6.07, 6.45) is 0.886. The molecule has 0 radical (unpaired) electrons. The van der Waals surface area contributed by atoms with Crippen LogP contribution in [0, 0.1) is 5.41 Å². The van der Waals surface area contributed by atoms with Crippen LogP contribution in [0.2, 0.25) is 0 Å². The van der Waals surface area contributed by atoms with Crippen molar-refractivity contribution in [3.05, 3.63) is 24.3 Å². The van der Waals surface area contributed by atoms with E-state index in [0.29, 0.717) is 12.2 Å². The Morgan fingerprint density at radius 3 is 2.87 bits per heavy atom. The van der Waals surface area contributed by atoms with Gasteiger partial charge >= 0.3 is 0 Å². The molecule has 1 atom stereocenters. The van der Waals surface area contributed by atoms with Crippen molar-refractivity contribution >= 4 is 23.2 Å². The minimum absolute atomic E-state index is 0.00426. The Bertz CT molecular complexity index is 629. The van der Waals surface area contributed by atoms with E-state index in [2.05, 4.69) is 24.1 Å². The van der Waals surface area contributed by atoms with E-state index < -0.39 is 0 Å². The number of anilines is 2. The number of nitrogens with two attached hydrogens (primary N) is 1. The van der Waals surface area contributed by atoms with Crippen molar-refractivity contribution in [2.75, 3.05) is 36.4 Å². The maximum absolute atomic E-state index is 12.7. The summed E-state index contributed by atoms with van der Waals surface area (Å²) < 4.78 is 0. The number of likely N-dealkylation sites (tertiary alicyclic amines) is 1. The summed E-state index contributed by atoms with van der Waals surface area (Å²) in [5.74, 6) is -0.198. The van der Waals surface area contributed by atoms with E-state index in [9.17, 15) is 9.59 Å². The molecule has 2 aliphatic rings. The van der Waals surface area contributed by atoms with Crippen LogP contribution in [0.25, 0.3) is 0 Å². The molecule has 23 heavy (non-hydrogen) atoms. The second kappa shape index (κ2) is 5.94. The second-order valence-electron chi connectivity index (χ2n) is 7.14. The molecule has 1 saturated heterocycles. The van der Waals surface area contributed by atoms with Gasteiger partial charge in [0.1, 0.15) is 6.54 Å². The number of para-hydroxylation sites is 2. The average molecular weight is 316 g/mol. The van der Waals surface area contributed by atoms with Crippen molar-refractivity contribution in [1.82, 2.24) is 4.90 Å². The predicted molar refractivity (Wildman–Crippen MR) is 90.2 cm³/mol. The fourth-order valence-electron chi connectivity index (χ4n) is 3.35. The molecule has 1 fully saturated rings. The lowest BCUT2D eigenvalue weighted by molar-refractivity contribution is -0.123. The summed E-state index contributed by atoms with van der Waals surface area (Å²) >= 11 is 0. The molecule has 0 bridgehead atoms. The van der Waals surface area contributed by atoms with E-state index in [1.54, 1.807) is 4.90 Å².